The van der Waals surface area contributed by atoms with Gasteiger partial charge in [0.15, 0.2) is 0 Å². The molecule has 2 saturated heterocycles. The minimum atomic E-state index is -0.280. The van der Waals surface area contributed by atoms with E-state index in [0.717, 1.165) is 43.7 Å². The molecule has 1 aliphatic carbocycles. The van der Waals surface area contributed by atoms with Crippen LogP contribution in [0.4, 0.5) is 5.82 Å². The Morgan fingerprint density at radius 2 is 2.04 bits per heavy atom. The molecule has 27 heavy (non-hydrogen) atoms. The van der Waals surface area contributed by atoms with Crippen LogP contribution in [0.1, 0.15) is 57.4 Å². The van der Waals surface area contributed by atoms with Gasteiger partial charge in [0.25, 0.3) is 0 Å². The Labute approximate surface area is 159 Å². The van der Waals surface area contributed by atoms with Gasteiger partial charge in [-0.1, -0.05) is 19.9 Å². The third-order valence-corrected chi connectivity index (χ3v) is 6.37. The number of nitrogens with zero attached hydrogens (tertiary/aromatic N) is 2. The van der Waals surface area contributed by atoms with Crippen LogP contribution in [0, 0.1) is 17.3 Å². The molecule has 4 rings (SSSR count). The Morgan fingerprint density at radius 3 is 2.63 bits per heavy atom. The fourth-order valence-electron chi connectivity index (χ4n) is 4.82. The minimum absolute atomic E-state index is 0.145. The van der Waals surface area contributed by atoms with Crippen LogP contribution in [0.2, 0.25) is 0 Å². The molecule has 3 heterocycles. The first kappa shape index (κ1) is 18.1. The van der Waals surface area contributed by atoms with Crippen molar-refractivity contribution in [2.75, 3.05) is 18.0 Å². The van der Waals surface area contributed by atoms with Crippen molar-refractivity contribution in [3.63, 3.8) is 0 Å². The van der Waals surface area contributed by atoms with Crippen LogP contribution >= 0.6 is 0 Å². The standard InChI is InChI=1S/C21H27N3O3/c1-13(2)17(25)7-14-8-21(9-14)11-24(12-21)18-5-3-15(10-22-18)16-4-6-19(26)23-20(16)27/h3,5,10,13-14,16H,4,6-9,11-12H2,1-2H3,(H,23,26,27). The van der Waals surface area contributed by atoms with Gasteiger partial charge in [0, 0.05) is 43.5 Å². The molecular weight excluding hydrogens is 342 g/mol. The molecule has 0 bridgehead atoms. The summed E-state index contributed by atoms with van der Waals surface area (Å²) in [6.45, 7) is 5.96. The second kappa shape index (κ2) is 6.73. The summed E-state index contributed by atoms with van der Waals surface area (Å²) in [7, 11) is 0. The number of piperidine rings is 1. The van der Waals surface area contributed by atoms with Gasteiger partial charge < -0.3 is 4.90 Å². The highest BCUT2D eigenvalue weighted by atomic mass is 16.2. The monoisotopic (exact) mass is 369 g/mol. The molecular formula is C21H27N3O3. The molecule has 3 aliphatic rings. The zero-order valence-corrected chi connectivity index (χ0v) is 16.0. The lowest BCUT2D eigenvalue weighted by Crippen LogP contribution is -2.62. The zero-order valence-electron chi connectivity index (χ0n) is 16.0. The average Bonchev–Trinajstić information content (AvgIpc) is 2.56. The van der Waals surface area contributed by atoms with Gasteiger partial charge in [-0.05, 0) is 36.8 Å². The Hall–Kier alpha value is -2.24. The van der Waals surface area contributed by atoms with Crippen LogP contribution in [0.3, 0.4) is 0 Å². The minimum Gasteiger partial charge on any atom is -0.355 e. The highest BCUT2D eigenvalue weighted by molar-refractivity contribution is 6.00. The van der Waals surface area contributed by atoms with Crippen molar-refractivity contribution >= 4 is 23.4 Å². The van der Waals surface area contributed by atoms with E-state index in [1.54, 1.807) is 6.20 Å². The number of nitrogens with one attached hydrogen (secondary N) is 1. The van der Waals surface area contributed by atoms with E-state index in [-0.39, 0.29) is 23.7 Å². The van der Waals surface area contributed by atoms with Crippen molar-refractivity contribution in [1.29, 1.82) is 0 Å². The van der Waals surface area contributed by atoms with E-state index in [0.29, 0.717) is 30.0 Å². The lowest BCUT2D eigenvalue weighted by Gasteiger charge is -2.59. The first-order chi connectivity index (χ1) is 12.8. The van der Waals surface area contributed by atoms with Crippen molar-refractivity contribution < 1.29 is 14.4 Å². The van der Waals surface area contributed by atoms with E-state index in [4.69, 9.17) is 0 Å². The van der Waals surface area contributed by atoms with Crippen LogP contribution in [-0.2, 0) is 14.4 Å². The first-order valence-corrected chi connectivity index (χ1v) is 9.92. The zero-order chi connectivity index (χ0) is 19.2. The molecule has 1 aromatic rings. The molecule has 144 valence electrons. The molecule has 1 aromatic heterocycles. The molecule has 1 N–H and O–H groups in total. The molecule has 1 atom stereocenters. The van der Waals surface area contributed by atoms with E-state index in [1.807, 2.05) is 26.0 Å². The number of Topliss-reactive ketones (excluding diaryl/α,β-unsaturated/α-hetero) is 1. The highest BCUT2D eigenvalue weighted by Gasteiger charge is 2.52. The van der Waals surface area contributed by atoms with Crippen molar-refractivity contribution in [2.24, 2.45) is 17.3 Å². The maximum Gasteiger partial charge on any atom is 0.234 e. The number of anilines is 1. The number of pyridine rings is 1. The molecule has 1 unspecified atom stereocenters. The predicted molar refractivity (Wildman–Crippen MR) is 101 cm³/mol. The SMILES string of the molecule is CC(C)C(=O)CC1CC2(C1)CN(c1ccc(C3CCC(=O)NC3=O)cn1)C2. The van der Waals surface area contributed by atoms with E-state index in [2.05, 4.69) is 15.2 Å². The van der Waals surface area contributed by atoms with Crippen LogP contribution < -0.4 is 10.2 Å². The Balaban J connectivity index is 1.29. The number of hydrogen-bond donors (Lipinski definition) is 1. The quantitative estimate of drug-likeness (QED) is 0.807. The summed E-state index contributed by atoms with van der Waals surface area (Å²) in [6.07, 6.45) is 5.73. The average molecular weight is 369 g/mol. The number of carbonyl (C=O) groups excluding carboxylic acids is 3. The number of rotatable bonds is 5. The summed E-state index contributed by atoms with van der Waals surface area (Å²) in [5.74, 6) is 1.34. The molecule has 0 aromatic carbocycles. The molecule has 1 spiro atoms. The van der Waals surface area contributed by atoms with E-state index >= 15 is 0 Å². The second-order valence-electron chi connectivity index (χ2n) is 8.91. The van der Waals surface area contributed by atoms with E-state index in [9.17, 15) is 14.4 Å². The number of aromatic nitrogens is 1. The summed E-state index contributed by atoms with van der Waals surface area (Å²) in [5.41, 5.74) is 1.25. The van der Waals surface area contributed by atoms with Gasteiger partial charge in [-0.25, -0.2) is 4.98 Å². The molecule has 0 radical (unpaired) electrons. The third kappa shape index (κ3) is 3.49. The van der Waals surface area contributed by atoms with Crippen molar-refractivity contribution in [3.8, 4) is 0 Å². The van der Waals surface area contributed by atoms with Crippen LogP contribution in [-0.4, -0.2) is 35.7 Å². The summed E-state index contributed by atoms with van der Waals surface area (Å²) < 4.78 is 0. The van der Waals surface area contributed by atoms with E-state index in [1.165, 1.54) is 0 Å². The molecule has 3 fully saturated rings. The lowest BCUT2D eigenvalue weighted by molar-refractivity contribution is -0.134. The van der Waals surface area contributed by atoms with Crippen LogP contribution in [0.25, 0.3) is 0 Å². The highest BCUT2D eigenvalue weighted by Crippen LogP contribution is 2.53. The van der Waals surface area contributed by atoms with Gasteiger partial charge in [-0.3, -0.25) is 19.7 Å². The molecule has 6 nitrogen and oxygen atoms in total. The molecule has 2 aliphatic heterocycles. The fraction of sp³-hybridized carbons (Fsp3) is 0.619. The van der Waals surface area contributed by atoms with Crippen LogP contribution in [0.5, 0.6) is 0 Å². The van der Waals surface area contributed by atoms with Gasteiger partial charge in [-0.2, -0.15) is 0 Å². The fourth-order valence-corrected chi connectivity index (χ4v) is 4.82. The second-order valence-corrected chi connectivity index (χ2v) is 8.91. The number of hydrogen-bond acceptors (Lipinski definition) is 5. The third-order valence-electron chi connectivity index (χ3n) is 6.37. The topological polar surface area (TPSA) is 79.4 Å². The summed E-state index contributed by atoms with van der Waals surface area (Å²) >= 11 is 0. The summed E-state index contributed by atoms with van der Waals surface area (Å²) in [4.78, 5) is 42.0. The number of carbonyl (C=O) groups is 3. The molecule has 1 saturated carbocycles. The maximum atomic E-state index is 12.0. The molecule has 2 amide bonds. The lowest BCUT2D eigenvalue weighted by atomic mass is 9.56. The number of amides is 2. The van der Waals surface area contributed by atoms with Crippen molar-refractivity contribution in [2.45, 2.75) is 51.9 Å². The smallest absolute Gasteiger partial charge is 0.234 e. The van der Waals surface area contributed by atoms with Crippen LogP contribution in [0.15, 0.2) is 18.3 Å². The van der Waals surface area contributed by atoms with Crippen molar-refractivity contribution in [3.05, 3.63) is 23.9 Å². The Morgan fingerprint density at radius 1 is 1.30 bits per heavy atom. The molecule has 6 heteroatoms. The van der Waals surface area contributed by atoms with Gasteiger partial charge in [0.2, 0.25) is 11.8 Å². The number of imide groups is 1. The Kier molecular flexibility index (Phi) is 4.52. The maximum absolute atomic E-state index is 12.0. The summed E-state index contributed by atoms with van der Waals surface area (Å²) in [5, 5.41) is 2.40. The van der Waals surface area contributed by atoms with E-state index < -0.39 is 0 Å². The van der Waals surface area contributed by atoms with Crippen molar-refractivity contribution in [1.82, 2.24) is 10.3 Å². The van der Waals surface area contributed by atoms with Gasteiger partial charge >= 0.3 is 0 Å². The van der Waals surface area contributed by atoms with Gasteiger partial charge in [0.05, 0.1) is 5.92 Å². The van der Waals surface area contributed by atoms with Gasteiger partial charge in [0.1, 0.15) is 11.6 Å². The normalized spacial score (nSPS) is 24.6. The first-order valence-electron chi connectivity index (χ1n) is 9.92. The number of ketones is 1. The predicted octanol–water partition coefficient (Wildman–Crippen LogP) is 2.43. The summed E-state index contributed by atoms with van der Waals surface area (Å²) in [6, 6.07) is 3.93. The Bertz CT molecular complexity index is 757. The van der Waals surface area contributed by atoms with Gasteiger partial charge in [-0.15, -0.1) is 0 Å². The largest absolute Gasteiger partial charge is 0.355 e.